The van der Waals surface area contributed by atoms with Crippen LogP contribution in [-0.4, -0.2) is 39.8 Å². The van der Waals surface area contributed by atoms with Gasteiger partial charge in [0.05, 0.1) is 12.4 Å². The third-order valence-corrected chi connectivity index (χ3v) is 3.75. The van der Waals surface area contributed by atoms with E-state index in [0.29, 0.717) is 12.4 Å². The predicted molar refractivity (Wildman–Crippen MR) is 81.5 cm³/mol. The maximum atomic E-state index is 11.8. The van der Waals surface area contributed by atoms with E-state index < -0.39 is 0 Å². The molecule has 0 aromatic carbocycles. The second-order valence-corrected chi connectivity index (χ2v) is 5.41. The fourth-order valence-electron chi connectivity index (χ4n) is 2.40. The number of aromatic nitrogens is 3. The highest BCUT2D eigenvalue weighted by molar-refractivity contribution is 5.88. The van der Waals surface area contributed by atoms with Crippen molar-refractivity contribution < 1.29 is 9.53 Å². The standard InChI is InChI=1S/C15H19N5O2/c1-22-13-6-12(7-13)18-15(21)19-14-3-2-11(8-17-14)9-20-5-4-16-10-20/h2-5,8,10,12-13H,6-7,9H2,1H3,(H2,17,18,19,21). The number of rotatable bonds is 5. The monoisotopic (exact) mass is 301 g/mol. The number of nitrogens with one attached hydrogen (secondary N) is 2. The number of carbonyl (C=O) groups is 1. The zero-order chi connectivity index (χ0) is 15.4. The van der Waals surface area contributed by atoms with Crippen molar-refractivity contribution in [1.29, 1.82) is 0 Å². The van der Waals surface area contributed by atoms with Gasteiger partial charge in [-0.15, -0.1) is 0 Å². The lowest BCUT2D eigenvalue weighted by molar-refractivity contribution is 0.0210. The van der Waals surface area contributed by atoms with Gasteiger partial charge in [-0.1, -0.05) is 6.07 Å². The SMILES string of the molecule is COC1CC(NC(=O)Nc2ccc(Cn3ccnc3)cn2)C1. The molecule has 1 saturated carbocycles. The third-order valence-electron chi connectivity index (χ3n) is 3.75. The second kappa shape index (κ2) is 6.57. The summed E-state index contributed by atoms with van der Waals surface area (Å²) < 4.78 is 7.14. The summed E-state index contributed by atoms with van der Waals surface area (Å²) in [5.41, 5.74) is 1.05. The van der Waals surface area contributed by atoms with E-state index in [0.717, 1.165) is 18.4 Å². The van der Waals surface area contributed by atoms with Crippen molar-refractivity contribution in [1.82, 2.24) is 19.9 Å². The lowest BCUT2D eigenvalue weighted by Crippen LogP contribution is -2.48. The second-order valence-electron chi connectivity index (χ2n) is 5.41. The maximum Gasteiger partial charge on any atom is 0.320 e. The Morgan fingerprint density at radius 1 is 1.45 bits per heavy atom. The lowest BCUT2D eigenvalue weighted by atomic mass is 9.89. The molecule has 7 nitrogen and oxygen atoms in total. The minimum atomic E-state index is -0.227. The molecule has 2 N–H and O–H groups in total. The van der Waals surface area contributed by atoms with Gasteiger partial charge in [0.2, 0.25) is 0 Å². The molecule has 2 aromatic heterocycles. The lowest BCUT2D eigenvalue weighted by Gasteiger charge is -2.34. The van der Waals surface area contributed by atoms with Crippen LogP contribution in [0.5, 0.6) is 0 Å². The molecule has 0 unspecified atom stereocenters. The molecule has 0 saturated heterocycles. The van der Waals surface area contributed by atoms with Crippen molar-refractivity contribution in [3.63, 3.8) is 0 Å². The molecule has 22 heavy (non-hydrogen) atoms. The number of nitrogens with zero attached hydrogens (tertiary/aromatic N) is 3. The van der Waals surface area contributed by atoms with Crippen LogP contribution in [0.3, 0.4) is 0 Å². The van der Waals surface area contributed by atoms with Gasteiger partial charge < -0.3 is 14.6 Å². The minimum absolute atomic E-state index is 0.186. The molecule has 1 aliphatic carbocycles. The van der Waals surface area contributed by atoms with Gasteiger partial charge in [0.1, 0.15) is 5.82 Å². The van der Waals surface area contributed by atoms with Crippen molar-refractivity contribution in [3.8, 4) is 0 Å². The Kier molecular flexibility index (Phi) is 4.34. The average molecular weight is 301 g/mol. The summed E-state index contributed by atoms with van der Waals surface area (Å²) in [4.78, 5) is 20.1. The molecular formula is C15H19N5O2. The molecule has 1 fully saturated rings. The van der Waals surface area contributed by atoms with E-state index in [1.165, 1.54) is 0 Å². The smallest absolute Gasteiger partial charge is 0.320 e. The summed E-state index contributed by atoms with van der Waals surface area (Å²) in [5, 5.41) is 5.64. The van der Waals surface area contributed by atoms with Crippen LogP contribution in [0.4, 0.5) is 10.6 Å². The van der Waals surface area contributed by atoms with E-state index >= 15 is 0 Å². The van der Waals surface area contributed by atoms with Crippen molar-refractivity contribution in [2.45, 2.75) is 31.5 Å². The van der Waals surface area contributed by atoms with Crippen molar-refractivity contribution in [2.75, 3.05) is 12.4 Å². The zero-order valence-electron chi connectivity index (χ0n) is 12.4. The number of amides is 2. The molecule has 2 aromatic rings. The number of ether oxygens (including phenoxy) is 1. The summed E-state index contributed by atoms with van der Waals surface area (Å²) in [7, 11) is 1.69. The molecular weight excluding hydrogens is 282 g/mol. The topological polar surface area (TPSA) is 81.1 Å². The van der Waals surface area contributed by atoms with Crippen LogP contribution in [0.25, 0.3) is 0 Å². The molecule has 0 aliphatic heterocycles. The molecule has 0 spiro atoms. The maximum absolute atomic E-state index is 11.8. The molecule has 0 radical (unpaired) electrons. The number of hydrogen-bond acceptors (Lipinski definition) is 4. The first-order valence-corrected chi connectivity index (χ1v) is 7.24. The van der Waals surface area contributed by atoms with Crippen LogP contribution >= 0.6 is 0 Å². The Morgan fingerprint density at radius 3 is 2.95 bits per heavy atom. The van der Waals surface area contributed by atoms with Crippen LogP contribution in [0, 0.1) is 0 Å². The van der Waals surface area contributed by atoms with Gasteiger partial charge in [-0.25, -0.2) is 14.8 Å². The summed E-state index contributed by atoms with van der Waals surface area (Å²) in [6.07, 6.45) is 9.13. The number of imidazole rings is 1. The normalized spacial score (nSPS) is 20.2. The van der Waals surface area contributed by atoms with Gasteiger partial charge >= 0.3 is 6.03 Å². The first-order valence-electron chi connectivity index (χ1n) is 7.24. The Bertz CT molecular complexity index is 605. The van der Waals surface area contributed by atoms with Crippen molar-refractivity contribution in [2.24, 2.45) is 0 Å². The first-order chi connectivity index (χ1) is 10.7. The number of anilines is 1. The first kappa shape index (κ1) is 14.5. The van der Waals surface area contributed by atoms with Gasteiger partial charge in [0, 0.05) is 38.3 Å². The third kappa shape index (κ3) is 3.62. The number of hydrogen-bond donors (Lipinski definition) is 2. The number of urea groups is 1. The van der Waals surface area contributed by atoms with Crippen LogP contribution < -0.4 is 10.6 Å². The largest absolute Gasteiger partial charge is 0.381 e. The Hall–Kier alpha value is -2.41. The zero-order valence-corrected chi connectivity index (χ0v) is 12.4. The van der Waals surface area contributed by atoms with Crippen LogP contribution in [-0.2, 0) is 11.3 Å². The summed E-state index contributed by atoms with van der Waals surface area (Å²) in [6, 6.07) is 3.69. The predicted octanol–water partition coefficient (Wildman–Crippen LogP) is 1.63. The fraction of sp³-hybridized carbons (Fsp3) is 0.400. The van der Waals surface area contributed by atoms with E-state index in [1.54, 1.807) is 31.9 Å². The molecule has 2 amide bonds. The van der Waals surface area contributed by atoms with E-state index in [1.807, 2.05) is 16.8 Å². The highest BCUT2D eigenvalue weighted by atomic mass is 16.5. The van der Waals surface area contributed by atoms with Gasteiger partial charge in [-0.2, -0.15) is 0 Å². The Labute approximate surface area is 128 Å². The number of pyridine rings is 1. The Balaban J connectivity index is 1.47. The summed E-state index contributed by atoms with van der Waals surface area (Å²) >= 11 is 0. The van der Waals surface area contributed by atoms with Crippen molar-refractivity contribution >= 4 is 11.8 Å². The molecule has 1 aliphatic rings. The van der Waals surface area contributed by atoms with Crippen LogP contribution in [0.15, 0.2) is 37.1 Å². The number of carbonyl (C=O) groups excluding carboxylic acids is 1. The summed E-state index contributed by atoms with van der Waals surface area (Å²) in [5.74, 6) is 0.537. The van der Waals surface area contributed by atoms with E-state index in [-0.39, 0.29) is 18.2 Å². The van der Waals surface area contributed by atoms with Crippen LogP contribution in [0.2, 0.25) is 0 Å². The molecule has 0 bridgehead atoms. The average Bonchev–Trinajstić information content (AvgIpc) is 2.97. The minimum Gasteiger partial charge on any atom is -0.381 e. The molecule has 0 atom stereocenters. The quantitative estimate of drug-likeness (QED) is 0.879. The molecule has 2 heterocycles. The molecule has 116 valence electrons. The van der Waals surface area contributed by atoms with E-state index in [9.17, 15) is 4.79 Å². The molecule has 7 heteroatoms. The van der Waals surface area contributed by atoms with E-state index in [2.05, 4.69) is 20.6 Å². The fourth-order valence-corrected chi connectivity index (χ4v) is 2.40. The van der Waals surface area contributed by atoms with Gasteiger partial charge in [0.15, 0.2) is 0 Å². The highest BCUT2D eigenvalue weighted by Crippen LogP contribution is 2.22. The van der Waals surface area contributed by atoms with E-state index in [4.69, 9.17) is 4.74 Å². The van der Waals surface area contributed by atoms with Crippen LogP contribution in [0.1, 0.15) is 18.4 Å². The highest BCUT2D eigenvalue weighted by Gasteiger charge is 2.30. The van der Waals surface area contributed by atoms with Gasteiger partial charge in [-0.05, 0) is 24.5 Å². The molecule has 3 rings (SSSR count). The number of methoxy groups -OCH3 is 1. The van der Waals surface area contributed by atoms with Gasteiger partial charge in [-0.3, -0.25) is 5.32 Å². The van der Waals surface area contributed by atoms with Gasteiger partial charge in [0.25, 0.3) is 0 Å². The van der Waals surface area contributed by atoms with Crippen molar-refractivity contribution in [3.05, 3.63) is 42.6 Å². The summed E-state index contributed by atoms with van der Waals surface area (Å²) in [6.45, 7) is 0.708. The Morgan fingerprint density at radius 2 is 2.32 bits per heavy atom.